The van der Waals surface area contributed by atoms with Crippen molar-refractivity contribution in [2.75, 3.05) is 18.5 Å². The van der Waals surface area contributed by atoms with Gasteiger partial charge in [0, 0.05) is 24.2 Å². The van der Waals surface area contributed by atoms with E-state index in [1.165, 1.54) is 0 Å². The summed E-state index contributed by atoms with van der Waals surface area (Å²) in [6.45, 7) is 2.42. The van der Waals surface area contributed by atoms with Crippen molar-refractivity contribution >= 4 is 17.5 Å². The number of ether oxygens (including phenoxy) is 1. The normalized spacial score (nSPS) is 20.6. The molecule has 0 aliphatic heterocycles. The van der Waals surface area contributed by atoms with Crippen LogP contribution < -0.4 is 21.1 Å². The van der Waals surface area contributed by atoms with Gasteiger partial charge in [-0.2, -0.15) is 0 Å². The third-order valence-electron chi connectivity index (χ3n) is 3.95. The zero-order chi connectivity index (χ0) is 16.7. The number of amides is 2. The lowest BCUT2D eigenvalue weighted by atomic mass is 9.85. The predicted octanol–water partition coefficient (Wildman–Crippen LogP) is 1.66. The van der Waals surface area contributed by atoms with Gasteiger partial charge in [-0.15, -0.1) is 0 Å². The molecule has 0 spiro atoms. The van der Waals surface area contributed by atoms with Crippen LogP contribution in [0.15, 0.2) is 24.3 Å². The first-order valence-electron chi connectivity index (χ1n) is 8.14. The number of carbonyl (C=O) groups excluding carboxylic acids is 2. The maximum Gasteiger partial charge on any atom is 0.257 e. The predicted molar refractivity (Wildman–Crippen MR) is 89.2 cm³/mol. The summed E-state index contributed by atoms with van der Waals surface area (Å²) in [7, 11) is 0. The third-order valence-corrected chi connectivity index (χ3v) is 3.95. The lowest BCUT2D eigenvalue weighted by Crippen LogP contribution is -2.34. The first kappa shape index (κ1) is 17.3. The molecule has 1 fully saturated rings. The van der Waals surface area contributed by atoms with Crippen molar-refractivity contribution in [3.63, 3.8) is 0 Å². The second-order valence-electron chi connectivity index (χ2n) is 5.88. The molecule has 6 nitrogen and oxygen atoms in total. The van der Waals surface area contributed by atoms with Gasteiger partial charge in [0.05, 0.1) is 0 Å². The van der Waals surface area contributed by atoms with E-state index in [1.807, 2.05) is 6.92 Å². The molecule has 2 unspecified atom stereocenters. The molecule has 6 heteroatoms. The molecular formula is C17H25N3O3. The van der Waals surface area contributed by atoms with Gasteiger partial charge in [0.15, 0.2) is 6.61 Å². The summed E-state index contributed by atoms with van der Waals surface area (Å²) in [5.74, 6) is 0.455. The van der Waals surface area contributed by atoms with Gasteiger partial charge in [-0.3, -0.25) is 9.59 Å². The van der Waals surface area contributed by atoms with Crippen LogP contribution in [-0.2, 0) is 9.59 Å². The zero-order valence-electron chi connectivity index (χ0n) is 13.5. The van der Waals surface area contributed by atoms with Crippen molar-refractivity contribution < 1.29 is 14.3 Å². The molecule has 23 heavy (non-hydrogen) atoms. The van der Waals surface area contributed by atoms with Crippen LogP contribution in [0.2, 0.25) is 0 Å². The van der Waals surface area contributed by atoms with E-state index >= 15 is 0 Å². The Morgan fingerprint density at radius 3 is 2.65 bits per heavy atom. The monoisotopic (exact) mass is 319 g/mol. The summed E-state index contributed by atoms with van der Waals surface area (Å²) in [5.41, 5.74) is 6.65. The van der Waals surface area contributed by atoms with Crippen molar-refractivity contribution in [1.82, 2.24) is 5.32 Å². The second-order valence-corrected chi connectivity index (χ2v) is 5.88. The zero-order valence-corrected chi connectivity index (χ0v) is 13.5. The van der Waals surface area contributed by atoms with E-state index in [4.69, 9.17) is 10.5 Å². The number of likely N-dealkylation sites (N-methyl/N-ethyl adjacent to an activating group) is 1. The van der Waals surface area contributed by atoms with Gasteiger partial charge in [-0.05, 0) is 50.5 Å². The largest absolute Gasteiger partial charge is 0.484 e. The summed E-state index contributed by atoms with van der Waals surface area (Å²) in [4.78, 5) is 23.6. The molecule has 1 aliphatic rings. The first-order valence-corrected chi connectivity index (χ1v) is 8.14. The van der Waals surface area contributed by atoms with E-state index in [0.29, 0.717) is 12.3 Å². The standard InChI is InChI=1S/C17H25N3O3/c1-2-19-16(21)11-23-15-8-6-14(7-9-15)20-17(22)12-4-3-5-13(18)10-12/h6-9,12-13H,2-5,10-11,18H2,1H3,(H,19,21)(H,20,22). The van der Waals surface area contributed by atoms with E-state index in [0.717, 1.165) is 31.4 Å². The highest BCUT2D eigenvalue weighted by Crippen LogP contribution is 2.25. The smallest absolute Gasteiger partial charge is 0.257 e. The fraction of sp³-hybridized carbons (Fsp3) is 0.529. The lowest BCUT2D eigenvalue weighted by molar-refractivity contribution is -0.123. The van der Waals surface area contributed by atoms with Crippen molar-refractivity contribution in [2.24, 2.45) is 11.7 Å². The highest BCUT2D eigenvalue weighted by atomic mass is 16.5. The average molecular weight is 319 g/mol. The molecule has 0 heterocycles. The number of rotatable bonds is 6. The Hall–Kier alpha value is -2.08. The number of benzene rings is 1. The van der Waals surface area contributed by atoms with E-state index in [2.05, 4.69) is 10.6 Å². The van der Waals surface area contributed by atoms with Gasteiger partial charge in [0.2, 0.25) is 5.91 Å². The highest BCUT2D eigenvalue weighted by Gasteiger charge is 2.25. The number of hydrogen-bond donors (Lipinski definition) is 3. The van der Waals surface area contributed by atoms with Crippen LogP contribution in [-0.4, -0.2) is 31.0 Å². The molecule has 0 saturated heterocycles. The Balaban J connectivity index is 1.82. The molecule has 0 aromatic heterocycles. The molecule has 2 atom stereocenters. The molecule has 1 aromatic carbocycles. The maximum absolute atomic E-state index is 12.2. The Kier molecular flexibility index (Phi) is 6.40. The quantitative estimate of drug-likeness (QED) is 0.743. The van der Waals surface area contributed by atoms with Crippen molar-refractivity contribution in [3.05, 3.63) is 24.3 Å². The first-order chi connectivity index (χ1) is 11.1. The molecule has 2 amide bonds. The molecule has 0 bridgehead atoms. The lowest BCUT2D eigenvalue weighted by Gasteiger charge is -2.25. The van der Waals surface area contributed by atoms with E-state index in [1.54, 1.807) is 24.3 Å². The Morgan fingerprint density at radius 2 is 2.00 bits per heavy atom. The number of nitrogens with two attached hydrogens (primary N) is 1. The number of anilines is 1. The fourth-order valence-electron chi connectivity index (χ4n) is 2.74. The van der Waals surface area contributed by atoms with Crippen LogP contribution in [0.1, 0.15) is 32.6 Å². The molecule has 126 valence electrons. The van der Waals surface area contributed by atoms with Crippen LogP contribution >= 0.6 is 0 Å². The average Bonchev–Trinajstić information content (AvgIpc) is 2.54. The Labute approximate surface area is 136 Å². The van der Waals surface area contributed by atoms with Gasteiger partial charge < -0.3 is 21.1 Å². The minimum absolute atomic E-state index is 0.00702. The fourth-order valence-corrected chi connectivity index (χ4v) is 2.74. The molecule has 1 aromatic rings. The minimum Gasteiger partial charge on any atom is -0.484 e. The SMILES string of the molecule is CCNC(=O)COc1ccc(NC(=O)C2CCCC(N)C2)cc1. The molecule has 4 N–H and O–H groups in total. The van der Waals surface area contributed by atoms with Gasteiger partial charge in [-0.1, -0.05) is 6.42 Å². The summed E-state index contributed by atoms with van der Waals surface area (Å²) in [6.07, 6.45) is 3.65. The van der Waals surface area contributed by atoms with Crippen LogP contribution in [0.3, 0.4) is 0 Å². The topological polar surface area (TPSA) is 93.5 Å². The Morgan fingerprint density at radius 1 is 1.26 bits per heavy atom. The number of nitrogens with one attached hydrogen (secondary N) is 2. The molecule has 1 aliphatic carbocycles. The summed E-state index contributed by atoms with van der Waals surface area (Å²) >= 11 is 0. The molecular weight excluding hydrogens is 294 g/mol. The van der Waals surface area contributed by atoms with Crippen LogP contribution in [0, 0.1) is 5.92 Å². The summed E-state index contributed by atoms with van der Waals surface area (Å²) < 4.78 is 5.37. The molecule has 0 radical (unpaired) electrons. The maximum atomic E-state index is 12.2. The summed E-state index contributed by atoms with van der Waals surface area (Å²) in [5, 5.41) is 5.58. The van der Waals surface area contributed by atoms with Crippen molar-refractivity contribution in [3.8, 4) is 5.75 Å². The van der Waals surface area contributed by atoms with E-state index in [9.17, 15) is 9.59 Å². The van der Waals surface area contributed by atoms with Gasteiger partial charge in [-0.25, -0.2) is 0 Å². The molecule has 1 saturated carbocycles. The summed E-state index contributed by atoms with van der Waals surface area (Å²) in [6, 6.07) is 7.15. The van der Waals surface area contributed by atoms with Gasteiger partial charge in [0.1, 0.15) is 5.75 Å². The number of carbonyl (C=O) groups is 2. The van der Waals surface area contributed by atoms with Gasteiger partial charge in [0.25, 0.3) is 5.91 Å². The van der Waals surface area contributed by atoms with Crippen LogP contribution in [0.25, 0.3) is 0 Å². The molecule has 2 rings (SSSR count). The van der Waals surface area contributed by atoms with E-state index in [-0.39, 0.29) is 30.4 Å². The number of hydrogen-bond acceptors (Lipinski definition) is 4. The second kappa shape index (κ2) is 8.53. The highest BCUT2D eigenvalue weighted by molar-refractivity contribution is 5.92. The van der Waals surface area contributed by atoms with Crippen LogP contribution in [0.4, 0.5) is 5.69 Å². The van der Waals surface area contributed by atoms with Crippen LogP contribution in [0.5, 0.6) is 5.75 Å². The Bertz CT molecular complexity index is 530. The van der Waals surface area contributed by atoms with E-state index < -0.39 is 0 Å². The third kappa shape index (κ3) is 5.56. The van der Waals surface area contributed by atoms with Crippen molar-refractivity contribution in [2.45, 2.75) is 38.6 Å². The van der Waals surface area contributed by atoms with Gasteiger partial charge >= 0.3 is 0 Å². The minimum atomic E-state index is -0.154. The van der Waals surface area contributed by atoms with Crippen molar-refractivity contribution in [1.29, 1.82) is 0 Å².